The molecule has 1 aliphatic heterocycles. The first-order chi connectivity index (χ1) is 15.1. The van der Waals surface area contributed by atoms with E-state index in [4.69, 9.17) is 11.6 Å². The molecule has 1 aliphatic rings. The number of guanidine groups is 1. The summed E-state index contributed by atoms with van der Waals surface area (Å²) in [4.78, 5) is 30.3. The molecule has 2 unspecified atom stereocenters. The molecule has 3 rings (SSSR count). The number of carbonyl (C=O) groups is 1. The first kappa shape index (κ1) is 23.0. The summed E-state index contributed by atoms with van der Waals surface area (Å²) in [6.45, 7) is 0. The van der Waals surface area contributed by atoms with Crippen LogP contribution in [0.3, 0.4) is 0 Å². The molecule has 0 spiro atoms. The molecule has 2 atom stereocenters. The second-order valence-corrected chi connectivity index (χ2v) is 7.00. The normalized spacial score (nSPS) is 18.0. The van der Waals surface area contributed by atoms with Gasteiger partial charge in [-0.3, -0.25) is 14.9 Å². The number of benzene rings is 2. The number of alkyl halides is 4. The Labute approximate surface area is 184 Å². The van der Waals surface area contributed by atoms with Crippen LogP contribution in [-0.4, -0.2) is 41.6 Å². The van der Waals surface area contributed by atoms with Crippen LogP contribution in [0.1, 0.15) is 15.9 Å². The van der Waals surface area contributed by atoms with Gasteiger partial charge in [0.05, 0.1) is 21.7 Å². The summed E-state index contributed by atoms with van der Waals surface area (Å²) in [7, 11) is 1.47. The fourth-order valence-electron chi connectivity index (χ4n) is 2.85. The topological polar surface area (TPSA) is 121 Å². The highest BCUT2D eigenvalue weighted by Gasteiger charge is 2.35. The molecular formula is C19H16ClF3N6O3. The van der Waals surface area contributed by atoms with Gasteiger partial charge in [-0.1, -0.05) is 12.1 Å². The van der Waals surface area contributed by atoms with Crippen molar-refractivity contribution in [1.29, 1.82) is 0 Å². The molecule has 0 bridgehead atoms. The first-order valence-corrected chi connectivity index (χ1v) is 9.50. The Morgan fingerprint density at radius 2 is 1.91 bits per heavy atom. The van der Waals surface area contributed by atoms with Gasteiger partial charge >= 0.3 is 6.18 Å². The molecule has 0 radical (unpaired) electrons. The van der Waals surface area contributed by atoms with E-state index in [1.54, 1.807) is 24.3 Å². The first-order valence-electron chi connectivity index (χ1n) is 9.06. The summed E-state index contributed by atoms with van der Waals surface area (Å²) in [5.41, 5.74) is -1.54. The number of nitro groups is 1. The summed E-state index contributed by atoms with van der Waals surface area (Å²) < 4.78 is 40.1. The molecule has 0 fully saturated rings. The highest BCUT2D eigenvalue weighted by atomic mass is 35.5. The van der Waals surface area contributed by atoms with Crippen LogP contribution in [0.2, 0.25) is 0 Å². The molecule has 1 heterocycles. The van der Waals surface area contributed by atoms with E-state index in [0.29, 0.717) is 17.3 Å². The Morgan fingerprint density at radius 1 is 1.19 bits per heavy atom. The Morgan fingerprint density at radius 3 is 2.56 bits per heavy atom. The van der Waals surface area contributed by atoms with Crippen molar-refractivity contribution in [3.05, 3.63) is 63.7 Å². The Hall–Kier alpha value is -3.67. The van der Waals surface area contributed by atoms with Crippen LogP contribution in [0.15, 0.2) is 52.4 Å². The lowest BCUT2D eigenvalue weighted by molar-refractivity contribution is -0.384. The number of nitrogens with zero attached hydrogens (tertiary/aromatic N) is 3. The predicted octanol–water partition coefficient (Wildman–Crippen LogP) is 3.87. The SMILES string of the molecule is CNC(=O)c1ccccc1NC1N=C(Nc2cc([N+](=O)[O-])ccc2C(F)(F)F)N=CC1Cl. The van der Waals surface area contributed by atoms with E-state index < -0.39 is 39.6 Å². The highest BCUT2D eigenvalue weighted by molar-refractivity contribution is 6.30. The molecule has 2 aromatic rings. The standard InChI is InChI=1S/C19H16ClF3N6O3/c1-24-17(30)11-4-2-3-5-14(11)26-16-13(20)9-25-18(28-16)27-15-8-10(29(31)32)6-7-12(15)19(21,22)23/h2-9,13,16,26H,1H3,(H,24,30)(H,27,28). The van der Waals surface area contributed by atoms with Gasteiger partial charge in [0.25, 0.3) is 11.6 Å². The summed E-state index contributed by atoms with van der Waals surface area (Å²) >= 11 is 6.22. The third-order valence-electron chi connectivity index (χ3n) is 4.37. The number of non-ortho nitro benzene ring substituents is 1. The quantitative estimate of drug-likeness (QED) is 0.349. The van der Waals surface area contributed by atoms with Gasteiger partial charge in [-0.25, -0.2) is 9.98 Å². The van der Waals surface area contributed by atoms with E-state index >= 15 is 0 Å². The smallest absolute Gasteiger partial charge is 0.362 e. The van der Waals surface area contributed by atoms with Crippen LogP contribution in [0, 0.1) is 10.1 Å². The monoisotopic (exact) mass is 468 g/mol. The summed E-state index contributed by atoms with van der Waals surface area (Å²) in [6.07, 6.45) is -4.41. The van der Waals surface area contributed by atoms with Crippen LogP contribution >= 0.6 is 11.6 Å². The highest BCUT2D eigenvalue weighted by Crippen LogP contribution is 2.37. The number of amides is 1. The van der Waals surface area contributed by atoms with Crippen LogP contribution < -0.4 is 16.0 Å². The van der Waals surface area contributed by atoms with Gasteiger partial charge in [0.1, 0.15) is 11.5 Å². The zero-order valence-electron chi connectivity index (χ0n) is 16.4. The second kappa shape index (κ2) is 9.22. The number of halogens is 4. The largest absolute Gasteiger partial charge is 0.418 e. The summed E-state index contributed by atoms with van der Waals surface area (Å²) in [6, 6.07) is 8.64. The molecule has 168 valence electrons. The molecule has 1 amide bonds. The third-order valence-corrected chi connectivity index (χ3v) is 4.72. The van der Waals surface area contributed by atoms with Gasteiger partial charge in [-0.2, -0.15) is 13.2 Å². The van der Waals surface area contributed by atoms with Gasteiger partial charge in [0, 0.05) is 31.1 Å². The fourth-order valence-corrected chi connectivity index (χ4v) is 3.03. The Kier molecular flexibility index (Phi) is 6.63. The fraction of sp³-hybridized carbons (Fsp3) is 0.211. The molecule has 0 aliphatic carbocycles. The number of nitro benzene ring substituents is 1. The van der Waals surface area contributed by atoms with Crippen molar-refractivity contribution in [1.82, 2.24) is 5.32 Å². The van der Waals surface area contributed by atoms with Gasteiger partial charge in [-0.15, -0.1) is 11.6 Å². The molecule has 0 saturated heterocycles. The predicted molar refractivity (Wildman–Crippen MR) is 115 cm³/mol. The van der Waals surface area contributed by atoms with Crippen molar-refractivity contribution in [2.75, 3.05) is 17.7 Å². The molecule has 3 N–H and O–H groups in total. The van der Waals surface area contributed by atoms with Gasteiger partial charge in [0.2, 0.25) is 5.96 Å². The number of hydrogen-bond acceptors (Lipinski definition) is 7. The van der Waals surface area contributed by atoms with E-state index in [-0.39, 0.29) is 11.9 Å². The zero-order valence-corrected chi connectivity index (χ0v) is 17.1. The average Bonchev–Trinajstić information content (AvgIpc) is 2.75. The van der Waals surface area contributed by atoms with E-state index in [2.05, 4.69) is 25.9 Å². The number of carbonyl (C=O) groups excluding carboxylic acids is 1. The number of nitrogens with one attached hydrogen (secondary N) is 3. The van der Waals surface area contributed by atoms with Crippen molar-refractivity contribution in [3.63, 3.8) is 0 Å². The summed E-state index contributed by atoms with van der Waals surface area (Å²) in [5, 5.41) is 18.1. The number of aliphatic imine (C=N–C) groups is 2. The molecule has 32 heavy (non-hydrogen) atoms. The molecule has 13 heteroatoms. The zero-order chi connectivity index (χ0) is 23.5. The van der Waals surface area contributed by atoms with Gasteiger partial charge in [0.15, 0.2) is 0 Å². The lowest BCUT2D eigenvalue weighted by Crippen LogP contribution is -2.35. The minimum atomic E-state index is -4.77. The number of rotatable bonds is 5. The minimum Gasteiger partial charge on any atom is -0.362 e. The van der Waals surface area contributed by atoms with Crippen LogP contribution in [-0.2, 0) is 6.18 Å². The van der Waals surface area contributed by atoms with Crippen molar-refractivity contribution in [3.8, 4) is 0 Å². The maximum Gasteiger partial charge on any atom is 0.418 e. The number of hydrogen-bond donors (Lipinski definition) is 3. The molecule has 0 saturated carbocycles. The van der Waals surface area contributed by atoms with E-state index in [1.807, 2.05) is 0 Å². The lowest BCUT2D eigenvalue weighted by atomic mass is 10.1. The lowest BCUT2D eigenvalue weighted by Gasteiger charge is -2.24. The van der Waals surface area contributed by atoms with Crippen molar-refractivity contribution >= 4 is 46.7 Å². The maximum atomic E-state index is 13.4. The van der Waals surface area contributed by atoms with Crippen molar-refractivity contribution in [2.24, 2.45) is 9.98 Å². The van der Waals surface area contributed by atoms with E-state index in [0.717, 1.165) is 12.1 Å². The molecule has 2 aromatic carbocycles. The van der Waals surface area contributed by atoms with E-state index in [9.17, 15) is 28.1 Å². The van der Waals surface area contributed by atoms with Crippen LogP contribution in [0.25, 0.3) is 0 Å². The van der Waals surface area contributed by atoms with E-state index in [1.165, 1.54) is 13.3 Å². The maximum absolute atomic E-state index is 13.4. The molecular weight excluding hydrogens is 453 g/mol. The van der Waals surface area contributed by atoms with Crippen molar-refractivity contribution < 1.29 is 22.9 Å². The molecule has 0 aromatic heterocycles. The van der Waals surface area contributed by atoms with Crippen LogP contribution in [0.5, 0.6) is 0 Å². The summed E-state index contributed by atoms with van der Waals surface area (Å²) in [5.74, 6) is -0.611. The Bertz CT molecular complexity index is 1110. The number of para-hydroxylation sites is 1. The molecule has 9 nitrogen and oxygen atoms in total. The van der Waals surface area contributed by atoms with Crippen molar-refractivity contribution in [2.45, 2.75) is 17.7 Å². The Balaban J connectivity index is 1.92. The average molecular weight is 469 g/mol. The second-order valence-electron chi connectivity index (χ2n) is 6.50. The van der Waals surface area contributed by atoms with Gasteiger partial charge in [-0.05, 0) is 18.2 Å². The minimum absolute atomic E-state index is 0.247. The van der Waals surface area contributed by atoms with Gasteiger partial charge < -0.3 is 16.0 Å². The third kappa shape index (κ3) is 5.14. The number of anilines is 2. The van der Waals surface area contributed by atoms with Crippen LogP contribution in [0.4, 0.5) is 30.2 Å².